The van der Waals surface area contributed by atoms with E-state index in [1.54, 1.807) is 0 Å². The van der Waals surface area contributed by atoms with E-state index in [0.29, 0.717) is 12.5 Å². The highest BCUT2D eigenvalue weighted by atomic mass is 16.6. The Bertz CT molecular complexity index is 282. The number of rotatable bonds is 2. The minimum absolute atomic E-state index is 0.194. The number of piperidine rings is 1. The monoisotopic (exact) mass is 256 g/mol. The first-order valence-corrected chi connectivity index (χ1v) is 6.94. The lowest BCUT2D eigenvalue weighted by Gasteiger charge is -2.39. The molecule has 1 heterocycles. The summed E-state index contributed by atoms with van der Waals surface area (Å²) in [6, 6.07) is 0.441. The van der Waals surface area contributed by atoms with E-state index in [9.17, 15) is 4.79 Å². The summed E-state index contributed by atoms with van der Waals surface area (Å²) < 4.78 is 5.47. The van der Waals surface area contributed by atoms with Gasteiger partial charge in [-0.15, -0.1) is 0 Å². The van der Waals surface area contributed by atoms with Crippen molar-refractivity contribution < 1.29 is 9.53 Å². The molecular weight excluding hydrogens is 228 g/mol. The molecule has 0 aromatic rings. The topological polar surface area (TPSA) is 55.6 Å². The predicted octanol–water partition coefficient (Wildman–Crippen LogP) is 2.76. The maximum Gasteiger partial charge on any atom is 0.410 e. The van der Waals surface area contributed by atoms with E-state index in [1.807, 2.05) is 25.7 Å². The molecule has 18 heavy (non-hydrogen) atoms. The Morgan fingerprint density at radius 2 is 2.06 bits per heavy atom. The molecule has 106 valence electrons. The number of nitrogens with zero attached hydrogens (tertiary/aromatic N) is 1. The van der Waals surface area contributed by atoms with Crippen LogP contribution in [0.1, 0.15) is 53.9 Å². The van der Waals surface area contributed by atoms with Crippen molar-refractivity contribution in [3.05, 3.63) is 0 Å². The van der Waals surface area contributed by atoms with Gasteiger partial charge in [0.05, 0.1) is 0 Å². The third-order valence-electron chi connectivity index (χ3n) is 3.13. The quantitative estimate of drug-likeness (QED) is 0.826. The summed E-state index contributed by atoms with van der Waals surface area (Å²) in [5, 5.41) is 0. The molecule has 1 fully saturated rings. The molecule has 2 atom stereocenters. The highest BCUT2D eigenvalue weighted by Gasteiger charge is 2.33. The van der Waals surface area contributed by atoms with Crippen molar-refractivity contribution >= 4 is 6.09 Å². The van der Waals surface area contributed by atoms with Crippen LogP contribution in [0.25, 0.3) is 0 Å². The van der Waals surface area contributed by atoms with Gasteiger partial charge in [-0.05, 0) is 46.0 Å². The van der Waals surface area contributed by atoms with Gasteiger partial charge in [0.1, 0.15) is 5.60 Å². The van der Waals surface area contributed by atoms with E-state index < -0.39 is 5.60 Å². The SMILES string of the molecule is CC(C)CC1CC(N)CCN1C(=O)OC(C)(C)C. The molecule has 4 heteroatoms. The molecule has 1 rings (SSSR count). The van der Waals surface area contributed by atoms with Crippen LogP contribution in [0.4, 0.5) is 4.79 Å². The van der Waals surface area contributed by atoms with Gasteiger partial charge in [0.25, 0.3) is 0 Å². The molecule has 0 aliphatic carbocycles. The molecular formula is C14H28N2O2. The average Bonchev–Trinajstić information content (AvgIpc) is 2.13. The van der Waals surface area contributed by atoms with Crippen molar-refractivity contribution in [1.82, 2.24) is 4.90 Å². The summed E-state index contributed by atoms with van der Waals surface area (Å²) in [5.41, 5.74) is 5.58. The molecule has 2 N–H and O–H groups in total. The van der Waals surface area contributed by atoms with Gasteiger partial charge in [-0.1, -0.05) is 13.8 Å². The lowest BCUT2D eigenvalue weighted by atomic mass is 9.92. The van der Waals surface area contributed by atoms with Crippen LogP contribution < -0.4 is 5.73 Å². The normalized spacial score (nSPS) is 25.4. The second kappa shape index (κ2) is 5.91. The maximum absolute atomic E-state index is 12.2. The van der Waals surface area contributed by atoms with Crippen LogP contribution in [-0.2, 0) is 4.74 Å². The molecule has 1 aliphatic heterocycles. The molecule has 4 nitrogen and oxygen atoms in total. The summed E-state index contributed by atoms with van der Waals surface area (Å²) in [4.78, 5) is 14.0. The number of carbonyl (C=O) groups excluding carboxylic acids is 1. The van der Waals surface area contributed by atoms with Crippen molar-refractivity contribution in [2.45, 2.75) is 71.6 Å². The van der Waals surface area contributed by atoms with Crippen LogP contribution in [0.2, 0.25) is 0 Å². The summed E-state index contributed by atoms with van der Waals surface area (Å²) >= 11 is 0. The third kappa shape index (κ3) is 4.84. The standard InChI is InChI=1S/C14H28N2O2/c1-10(2)8-12-9-11(15)6-7-16(12)13(17)18-14(3,4)5/h10-12H,6-9,15H2,1-5H3. The molecule has 2 unspecified atom stereocenters. The maximum atomic E-state index is 12.2. The molecule has 1 aliphatic rings. The van der Waals surface area contributed by atoms with Gasteiger partial charge in [0.2, 0.25) is 0 Å². The van der Waals surface area contributed by atoms with Gasteiger partial charge in [0.15, 0.2) is 0 Å². The van der Waals surface area contributed by atoms with Crippen molar-refractivity contribution in [3.63, 3.8) is 0 Å². The van der Waals surface area contributed by atoms with E-state index in [0.717, 1.165) is 19.3 Å². The molecule has 0 saturated carbocycles. The smallest absolute Gasteiger partial charge is 0.410 e. The second-order valence-electron chi connectivity index (χ2n) is 6.74. The Balaban J connectivity index is 2.67. The van der Waals surface area contributed by atoms with Gasteiger partial charge in [-0.25, -0.2) is 4.79 Å². The van der Waals surface area contributed by atoms with Crippen LogP contribution in [0.15, 0.2) is 0 Å². The lowest BCUT2D eigenvalue weighted by Crippen LogP contribution is -2.51. The molecule has 1 saturated heterocycles. The number of carbonyl (C=O) groups is 1. The van der Waals surface area contributed by atoms with Crippen molar-refractivity contribution in [2.75, 3.05) is 6.54 Å². The molecule has 0 aromatic carbocycles. The minimum Gasteiger partial charge on any atom is -0.444 e. The van der Waals surface area contributed by atoms with Crippen LogP contribution in [-0.4, -0.2) is 35.2 Å². The van der Waals surface area contributed by atoms with Gasteiger partial charge in [0, 0.05) is 18.6 Å². The Morgan fingerprint density at radius 3 is 2.56 bits per heavy atom. The van der Waals surface area contributed by atoms with Gasteiger partial charge < -0.3 is 15.4 Å². The molecule has 0 bridgehead atoms. The van der Waals surface area contributed by atoms with E-state index >= 15 is 0 Å². The Hall–Kier alpha value is -0.770. The number of likely N-dealkylation sites (tertiary alicyclic amines) is 1. The first-order chi connectivity index (χ1) is 8.19. The number of hydrogen-bond acceptors (Lipinski definition) is 3. The highest BCUT2D eigenvalue weighted by molar-refractivity contribution is 5.68. The van der Waals surface area contributed by atoms with E-state index in [1.165, 1.54) is 0 Å². The third-order valence-corrected chi connectivity index (χ3v) is 3.13. The fraction of sp³-hybridized carbons (Fsp3) is 0.929. The lowest BCUT2D eigenvalue weighted by molar-refractivity contribution is 0.00583. The second-order valence-corrected chi connectivity index (χ2v) is 6.74. The Labute approximate surface area is 111 Å². The van der Waals surface area contributed by atoms with E-state index in [4.69, 9.17) is 10.5 Å². The van der Waals surface area contributed by atoms with Crippen molar-refractivity contribution in [1.29, 1.82) is 0 Å². The number of nitrogens with two attached hydrogens (primary N) is 1. The zero-order valence-electron chi connectivity index (χ0n) is 12.4. The number of ether oxygens (including phenoxy) is 1. The Kier molecular flexibility index (Phi) is 5.02. The van der Waals surface area contributed by atoms with Gasteiger partial charge >= 0.3 is 6.09 Å². The summed E-state index contributed by atoms with van der Waals surface area (Å²) in [6.45, 7) is 10.8. The summed E-state index contributed by atoms with van der Waals surface area (Å²) in [7, 11) is 0. The highest BCUT2D eigenvalue weighted by Crippen LogP contribution is 2.24. The first kappa shape index (κ1) is 15.3. The number of amides is 1. The zero-order chi connectivity index (χ0) is 13.9. The average molecular weight is 256 g/mol. The van der Waals surface area contributed by atoms with Crippen LogP contribution in [0.3, 0.4) is 0 Å². The molecule has 0 spiro atoms. The van der Waals surface area contributed by atoms with Crippen molar-refractivity contribution in [3.8, 4) is 0 Å². The van der Waals surface area contributed by atoms with Gasteiger partial charge in [-0.3, -0.25) is 0 Å². The van der Waals surface area contributed by atoms with Crippen LogP contribution >= 0.6 is 0 Å². The zero-order valence-corrected chi connectivity index (χ0v) is 12.4. The summed E-state index contributed by atoms with van der Waals surface area (Å²) in [5.74, 6) is 0.560. The summed E-state index contributed by atoms with van der Waals surface area (Å²) in [6.07, 6.45) is 2.55. The molecule has 0 aromatic heterocycles. The van der Waals surface area contributed by atoms with Crippen molar-refractivity contribution in [2.24, 2.45) is 11.7 Å². The predicted molar refractivity (Wildman–Crippen MR) is 73.4 cm³/mol. The Morgan fingerprint density at radius 1 is 1.44 bits per heavy atom. The molecule has 0 radical (unpaired) electrons. The van der Waals surface area contributed by atoms with E-state index in [2.05, 4.69) is 13.8 Å². The fourth-order valence-corrected chi connectivity index (χ4v) is 2.41. The fourth-order valence-electron chi connectivity index (χ4n) is 2.41. The minimum atomic E-state index is -0.432. The largest absolute Gasteiger partial charge is 0.444 e. The van der Waals surface area contributed by atoms with Crippen LogP contribution in [0, 0.1) is 5.92 Å². The van der Waals surface area contributed by atoms with Gasteiger partial charge in [-0.2, -0.15) is 0 Å². The van der Waals surface area contributed by atoms with E-state index in [-0.39, 0.29) is 18.2 Å². The first-order valence-electron chi connectivity index (χ1n) is 6.94. The molecule has 1 amide bonds. The van der Waals surface area contributed by atoms with Crippen LogP contribution in [0.5, 0.6) is 0 Å². The number of hydrogen-bond donors (Lipinski definition) is 1.